The van der Waals surface area contributed by atoms with Gasteiger partial charge in [0.25, 0.3) is 0 Å². The number of hydrogen-bond acceptors (Lipinski definition) is 3. The Morgan fingerprint density at radius 3 is 2.88 bits per heavy atom. The number of Topliss-reactive ketones (excluding diaryl/α,β-unsaturated/α-hetero) is 1. The fourth-order valence-corrected chi connectivity index (χ4v) is 1.61. The van der Waals surface area contributed by atoms with E-state index < -0.39 is 5.82 Å². The zero-order chi connectivity index (χ0) is 11.7. The van der Waals surface area contributed by atoms with Gasteiger partial charge in [0.2, 0.25) is 0 Å². The minimum absolute atomic E-state index is 0.172. The highest BCUT2D eigenvalue weighted by Gasteiger charge is 2.23. The lowest BCUT2D eigenvalue weighted by Crippen LogP contribution is -2.21. The van der Waals surface area contributed by atoms with Crippen LogP contribution < -0.4 is 4.74 Å². The highest BCUT2D eigenvalue weighted by molar-refractivity contribution is 6.11. The summed E-state index contributed by atoms with van der Waals surface area (Å²) in [5, 5.41) is 0. The average molecular weight is 221 g/mol. The van der Waals surface area contributed by atoms with Crippen molar-refractivity contribution in [2.75, 3.05) is 20.7 Å². The van der Waals surface area contributed by atoms with Crippen molar-refractivity contribution in [3.05, 3.63) is 41.4 Å². The second-order valence-electron chi connectivity index (χ2n) is 3.88. The average Bonchev–Trinajstić information content (AvgIpc) is 2.22. The van der Waals surface area contributed by atoms with Gasteiger partial charge in [-0.3, -0.25) is 4.79 Å². The maximum Gasteiger partial charge on any atom is 0.197 e. The number of benzene rings is 1. The maximum atomic E-state index is 13.0. The van der Waals surface area contributed by atoms with E-state index in [2.05, 4.69) is 0 Å². The van der Waals surface area contributed by atoms with Gasteiger partial charge in [-0.25, -0.2) is 4.39 Å². The highest BCUT2D eigenvalue weighted by atomic mass is 19.1. The van der Waals surface area contributed by atoms with E-state index in [9.17, 15) is 9.18 Å². The predicted molar refractivity (Wildman–Crippen MR) is 58.0 cm³/mol. The van der Waals surface area contributed by atoms with Crippen LogP contribution >= 0.6 is 0 Å². The van der Waals surface area contributed by atoms with E-state index in [0.29, 0.717) is 16.9 Å². The number of halogens is 1. The number of carbonyl (C=O) groups excluding carboxylic acids is 1. The van der Waals surface area contributed by atoms with Crippen molar-refractivity contribution in [2.24, 2.45) is 0 Å². The van der Waals surface area contributed by atoms with Gasteiger partial charge in [0, 0.05) is 20.3 Å². The fraction of sp³-hybridized carbons (Fsp3) is 0.250. The van der Waals surface area contributed by atoms with Gasteiger partial charge >= 0.3 is 0 Å². The minimum atomic E-state index is -0.429. The van der Waals surface area contributed by atoms with Gasteiger partial charge in [-0.2, -0.15) is 0 Å². The van der Waals surface area contributed by atoms with Crippen LogP contribution in [0.3, 0.4) is 0 Å². The van der Waals surface area contributed by atoms with Crippen LogP contribution in [0.5, 0.6) is 5.75 Å². The Hall–Kier alpha value is -1.84. The quantitative estimate of drug-likeness (QED) is 0.678. The number of rotatable bonds is 1. The fourth-order valence-electron chi connectivity index (χ4n) is 1.61. The molecular weight excluding hydrogens is 209 g/mol. The predicted octanol–water partition coefficient (Wildman–Crippen LogP) is 1.85. The molecule has 1 aliphatic heterocycles. The first-order chi connectivity index (χ1) is 7.58. The normalized spacial score (nSPS) is 16.9. The summed E-state index contributed by atoms with van der Waals surface area (Å²) in [5.41, 5.74) is 0.822. The molecule has 2 rings (SSSR count). The van der Waals surface area contributed by atoms with Crippen molar-refractivity contribution in [1.82, 2.24) is 4.90 Å². The van der Waals surface area contributed by atoms with Crippen molar-refractivity contribution >= 4 is 5.78 Å². The zero-order valence-corrected chi connectivity index (χ0v) is 9.16. The number of fused-ring (bicyclic) bond motifs is 1. The van der Waals surface area contributed by atoms with Crippen LogP contribution in [0.25, 0.3) is 0 Å². The van der Waals surface area contributed by atoms with Gasteiger partial charge in [-0.05, 0) is 18.2 Å². The van der Waals surface area contributed by atoms with E-state index in [-0.39, 0.29) is 12.4 Å². The summed E-state index contributed by atoms with van der Waals surface area (Å²) in [6, 6.07) is 3.97. The monoisotopic (exact) mass is 221 g/mol. The number of ether oxygens (including phenoxy) is 1. The van der Waals surface area contributed by atoms with Gasteiger partial charge in [-0.15, -0.1) is 0 Å². The van der Waals surface area contributed by atoms with Crippen LogP contribution in [0, 0.1) is 5.82 Å². The van der Waals surface area contributed by atoms with Crippen LogP contribution in [0.4, 0.5) is 4.39 Å². The van der Waals surface area contributed by atoms with Gasteiger partial charge in [-0.1, -0.05) is 0 Å². The number of nitrogens with zero attached hydrogens (tertiary/aromatic N) is 1. The first-order valence-corrected chi connectivity index (χ1v) is 4.92. The van der Waals surface area contributed by atoms with Crippen molar-refractivity contribution < 1.29 is 13.9 Å². The standard InChI is InChI=1S/C12H12FNO2/c1-14(2)6-8-7-16-11-4-3-9(13)5-10(11)12(8)15/h3-6H,7H2,1-2H3. The Morgan fingerprint density at radius 2 is 2.19 bits per heavy atom. The summed E-state index contributed by atoms with van der Waals surface area (Å²) in [5.74, 6) is -0.154. The molecule has 0 unspecified atom stereocenters. The molecule has 1 aromatic rings. The van der Waals surface area contributed by atoms with Crippen LogP contribution in [0.15, 0.2) is 30.0 Å². The molecule has 1 aromatic carbocycles. The molecule has 0 saturated heterocycles. The third-order valence-corrected chi connectivity index (χ3v) is 2.28. The molecule has 4 heteroatoms. The van der Waals surface area contributed by atoms with E-state index in [4.69, 9.17) is 4.74 Å². The van der Waals surface area contributed by atoms with E-state index in [0.717, 1.165) is 0 Å². The second-order valence-corrected chi connectivity index (χ2v) is 3.88. The van der Waals surface area contributed by atoms with Gasteiger partial charge in [0.1, 0.15) is 18.2 Å². The summed E-state index contributed by atoms with van der Waals surface area (Å²) in [6.45, 7) is 0.232. The minimum Gasteiger partial charge on any atom is -0.488 e. The van der Waals surface area contributed by atoms with Gasteiger partial charge in [0.05, 0.1) is 11.1 Å². The van der Waals surface area contributed by atoms with Crippen LogP contribution in [-0.4, -0.2) is 31.4 Å². The molecule has 0 fully saturated rings. The molecule has 0 aromatic heterocycles. The molecule has 0 amide bonds. The molecular formula is C12H12FNO2. The number of ketones is 1. The molecule has 0 aliphatic carbocycles. The summed E-state index contributed by atoms with van der Waals surface area (Å²) in [7, 11) is 3.64. The summed E-state index contributed by atoms with van der Waals surface area (Å²) in [4.78, 5) is 13.7. The molecule has 0 atom stereocenters. The summed E-state index contributed by atoms with van der Waals surface area (Å²) in [6.07, 6.45) is 1.69. The molecule has 0 saturated carbocycles. The van der Waals surface area contributed by atoms with Crippen molar-refractivity contribution in [1.29, 1.82) is 0 Å². The van der Waals surface area contributed by atoms with E-state index in [1.165, 1.54) is 18.2 Å². The Morgan fingerprint density at radius 1 is 1.44 bits per heavy atom. The lowest BCUT2D eigenvalue weighted by molar-refractivity contribution is 0.0996. The summed E-state index contributed by atoms with van der Waals surface area (Å²) >= 11 is 0. The Kier molecular flexibility index (Phi) is 2.64. The molecule has 0 N–H and O–H groups in total. The molecule has 1 heterocycles. The second kappa shape index (κ2) is 3.96. The van der Waals surface area contributed by atoms with Crippen LogP contribution in [0.2, 0.25) is 0 Å². The van der Waals surface area contributed by atoms with Gasteiger partial charge < -0.3 is 9.64 Å². The molecule has 84 valence electrons. The molecule has 0 bridgehead atoms. The zero-order valence-electron chi connectivity index (χ0n) is 9.16. The largest absolute Gasteiger partial charge is 0.488 e. The topological polar surface area (TPSA) is 29.5 Å². The van der Waals surface area contributed by atoms with Crippen LogP contribution in [-0.2, 0) is 0 Å². The van der Waals surface area contributed by atoms with Crippen molar-refractivity contribution in [3.8, 4) is 5.75 Å². The highest BCUT2D eigenvalue weighted by Crippen LogP contribution is 2.27. The smallest absolute Gasteiger partial charge is 0.197 e. The Bertz CT molecular complexity index is 466. The van der Waals surface area contributed by atoms with Gasteiger partial charge in [0.15, 0.2) is 5.78 Å². The lowest BCUT2D eigenvalue weighted by atomic mass is 10.0. The van der Waals surface area contributed by atoms with Crippen LogP contribution in [0.1, 0.15) is 10.4 Å². The number of hydrogen-bond donors (Lipinski definition) is 0. The number of carbonyl (C=O) groups is 1. The van der Waals surface area contributed by atoms with Crippen molar-refractivity contribution in [2.45, 2.75) is 0 Å². The van der Waals surface area contributed by atoms with Crippen molar-refractivity contribution in [3.63, 3.8) is 0 Å². The molecule has 3 nitrogen and oxygen atoms in total. The third-order valence-electron chi connectivity index (χ3n) is 2.28. The van der Waals surface area contributed by atoms with E-state index in [1.807, 2.05) is 14.1 Å². The third kappa shape index (κ3) is 1.91. The Balaban J connectivity index is 2.42. The van der Waals surface area contributed by atoms with E-state index >= 15 is 0 Å². The first kappa shape index (κ1) is 10.7. The maximum absolute atomic E-state index is 13.0. The Labute approximate surface area is 93.1 Å². The lowest BCUT2D eigenvalue weighted by Gasteiger charge is -2.19. The molecule has 0 spiro atoms. The molecule has 1 aliphatic rings. The molecule has 16 heavy (non-hydrogen) atoms. The first-order valence-electron chi connectivity index (χ1n) is 4.92. The van der Waals surface area contributed by atoms with E-state index in [1.54, 1.807) is 11.1 Å². The summed E-state index contributed by atoms with van der Waals surface area (Å²) < 4.78 is 18.4. The SMILES string of the molecule is CN(C)C=C1COc2ccc(F)cc2C1=O. The molecule has 0 radical (unpaired) electrons.